The number of carboxylic acids is 1. The number of carbonyl (C=O) groups is 3. The third kappa shape index (κ3) is 3.83. The second kappa shape index (κ2) is 8.38. The number of thioether (sulfide) groups is 1. The fraction of sp³-hybridized carbons (Fsp3) is 0.357. The number of hydrogen-bond donors (Lipinski definition) is 3. The molecule has 2 atom stereocenters. The molecule has 2 unspecified atom stereocenters. The van der Waals surface area contributed by atoms with Crippen molar-refractivity contribution < 1.29 is 24.3 Å². The molecule has 2 aliphatic rings. The predicted molar refractivity (Wildman–Crippen MR) is 104 cm³/mol. The maximum absolute atomic E-state index is 12.6. The van der Waals surface area contributed by atoms with E-state index in [0.29, 0.717) is 5.57 Å². The highest BCUT2D eigenvalue weighted by Crippen LogP contribution is 2.40. The van der Waals surface area contributed by atoms with Crippen molar-refractivity contribution in [2.24, 2.45) is 10.3 Å². The fourth-order valence-corrected chi connectivity index (χ4v) is 4.71. The topological polar surface area (TPSA) is 196 Å². The van der Waals surface area contributed by atoms with Crippen LogP contribution in [0.2, 0.25) is 0 Å². The molecule has 29 heavy (non-hydrogen) atoms. The minimum atomic E-state index is -1.31. The van der Waals surface area contributed by atoms with Gasteiger partial charge in [-0.2, -0.15) is 0 Å². The third-order valence-corrected chi connectivity index (χ3v) is 6.04. The van der Waals surface area contributed by atoms with Gasteiger partial charge in [-0.25, -0.2) is 9.78 Å². The number of nitrogens with one attached hydrogen (secondary N) is 1. The Morgan fingerprint density at radius 2 is 2.34 bits per heavy atom. The van der Waals surface area contributed by atoms with Crippen molar-refractivity contribution in [1.29, 1.82) is 0 Å². The number of carbonyl (C=O) groups excluding carboxylic acids is 2. The molecule has 15 heteroatoms. The fourth-order valence-electron chi connectivity index (χ4n) is 2.82. The van der Waals surface area contributed by atoms with Crippen LogP contribution in [0.25, 0.3) is 10.4 Å². The number of nitrogens with zero attached hydrogens (tertiary/aromatic N) is 6. The summed E-state index contributed by atoms with van der Waals surface area (Å²) in [6.45, 7) is -0.158. The number of amides is 2. The van der Waals surface area contributed by atoms with E-state index < -0.39 is 29.2 Å². The number of aliphatic carboxylic acids is 1. The Morgan fingerprint density at radius 3 is 2.93 bits per heavy atom. The molecule has 1 saturated heterocycles. The first-order valence-corrected chi connectivity index (χ1v) is 9.86. The summed E-state index contributed by atoms with van der Waals surface area (Å²) in [5.41, 5.74) is 14.2. The molecule has 1 fully saturated rings. The van der Waals surface area contributed by atoms with Gasteiger partial charge < -0.3 is 21.0 Å². The van der Waals surface area contributed by atoms with Gasteiger partial charge in [0.25, 0.3) is 11.8 Å². The number of oxime groups is 1. The van der Waals surface area contributed by atoms with Gasteiger partial charge in [0.1, 0.15) is 29.9 Å². The van der Waals surface area contributed by atoms with Crippen LogP contribution in [0.1, 0.15) is 5.69 Å². The van der Waals surface area contributed by atoms with Crippen LogP contribution in [-0.2, 0) is 19.2 Å². The van der Waals surface area contributed by atoms with Gasteiger partial charge in [-0.05, 0) is 11.1 Å². The highest BCUT2D eigenvalue weighted by atomic mass is 32.2. The summed E-state index contributed by atoms with van der Waals surface area (Å²) in [6.07, 6.45) is 0. The molecule has 1 aromatic heterocycles. The Labute approximate surface area is 171 Å². The van der Waals surface area contributed by atoms with Crippen molar-refractivity contribution in [3.05, 3.63) is 32.8 Å². The van der Waals surface area contributed by atoms with Crippen LogP contribution in [-0.4, -0.2) is 69.3 Å². The van der Waals surface area contributed by atoms with Crippen molar-refractivity contribution in [3.8, 4) is 0 Å². The highest BCUT2D eigenvalue weighted by molar-refractivity contribution is 8.00. The Morgan fingerprint density at radius 1 is 1.59 bits per heavy atom. The molecule has 2 amide bonds. The second-order valence-electron chi connectivity index (χ2n) is 5.70. The van der Waals surface area contributed by atoms with Gasteiger partial charge in [-0.1, -0.05) is 10.3 Å². The number of azide groups is 1. The standard InChI is InChI=1S/C14H14N8O5S2/c1-27-20-7(6-4-29-14(15)18-6)10(23)19-8-11(24)22-9(13(25)26)5(2-17-21-16)3-28-12(8)22/h4,8,12H,2-3H2,1H3,(H2,15,18)(H,19,23)(H,25,26). The smallest absolute Gasteiger partial charge is 0.352 e. The number of carboxylic acid groups (broad SMARTS) is 1. The SMILES string of the molecule is CON=C(C(=O)NC1C(=O)N2C(C(=O)O)=C(CN=[N+]=[N-])CSC12)c1csc(N)n1. The maximum atomic E-state index is 12.6. The first-order valence-electron chi connectivity index (χ1n) is 7.93. The minimum absolute atomic E-state index is 0.158. The molecule has 13 nitrogen and oxygen atoms in total. The van der Waals surface area contributed by atoms with Gasteiger partial charge in [-0.15, -0.1) is 23.1 Å². The number of β-lactam (4-membered cyclic amide) rings is 1. The van der Waals surface area contributed by atoms with Crippen molar-refractivity contribution in [3.63, 3.8) is 0 Å². The van der Waals surface area contributed by atoms with Gasteiger partial charge in [0.2, 0.25) is 0 Å². The van der Waals surface area contributed by atoms with Crippen LogP contribution in [0.15, 0.2) is 26.9 Å². The second-order valence-corrected chi connectivity index (χ2v) is 7.70. The third-order valence-electron chi connectivity index (χ3n) is 4.02. The van der Waals surface area contributed by atoms with E-state index >= 15 is 0 Å². The number of anilines is 1. The van der Waals surface area contributed by atoms with E-state index in [0.717, 1.165) is 16.2 Å². The number of thiazole rings is 1. The molecule has 2 aliphatic heterocycles. The summed E-state index contributed by atoms with van der Waals surface area (Å²) in [6, 6.07) is -0.957. The summed E-state index contributed by atoms with van der Waals surface area (Å²) >= 11 is 2.36. The van der Waals surface area contributed by atoms with Gasteiger partial charge in [-0.3, -0.25) is 14.5 Å². The van der Waals surface area contributed by atoms with E-state index in [1.54, 1.807) is 0 Å². The lowest BCUT2D eigenvalue weighted by Gasteiger charge is -2.49. The first-order chi connectivity index (χ1) is 13.9. The average Bonchev–Trinajstić information content (AvgIpc) is 3.13. The Balaban J connectivity index is 1.79. The van der Waals surface area contributed by atoms with Crippen LogP contribution >= 0.6 is 23.1 Å². The number of rotatable bonds is 7. The lowest BCUT2D eigenvalue weighted by atomic mass is 10.0. The van der Waals surface area contributed by atoms with Crippen LogP contribution in [0, 0.1) is 0 Å². The largest absolute Gasteiger partial charge is 0.477 e. The number of hydrogen-bond acceptors (Lipinski definition) is 10. The Hall–Kier alpha value is -3.29. The summed E-state index contributed by atoms with van der Waals surface area (Å²) in [5.74, 6) is -2.38. The van der Waals surface area contributed by atoms with Crippen LogP contribution in [0.3, 0.4) is 0 Å². The molecule has 0 aromatic carbocycles. The molecule has 3 heterocycles. The molecule has 3 rings (SSSR count). The van der Waals surface area contributed by atoms with Crippen LogP contribution < -0.4 is 11.1 Å². The zero-order valence-electron chi connectivity index (χ0n) is 14.8. The molecule has 0 saturated carbocycles. The molecule has 0 radical (unpaired) electrons. The number of aromatic nitrogens is 1. The normalized spacial score (nSPS) is 21.1. The number of nitrogens with two attached hydrogens (primary N) is 1. The molecule has 4 N–H and O–H groups in total. The average molecular weight is 438 g/mol. The summed E-state index contributed by atoms with van der Waals surface area (Å²) in [5, 5.41) is 20.2. The van der Waals surface area contributed by atoms with Gasteiger partial charge in [0.05, 0.1) is 6.54 Å². The molecular weight excluding hydrogens is 424 g/mol. The van der Waals surface area contributed by atoms with E-state index in [9.17, 15) is 19.5 Å². The molecule has 0 bridgehead atoms. The highest BCUT2D eigenvalue weighted by Gasteiger charge is 2.54. The lowest BCUT2D eigenvalue weighted by Crippen LogP contribution is -2.71. The van der Waals surface area contributed by atoms with E-state index in [4.69, 9.17) is 11.3 Å². The summed E-state index contributed by atoms with van der Waals surface area (Å²) in [4.78, 5) is 49.2. The predicted octanol–water partition coefficient (Wildman–Crippen LogP) is 0.125. The van der Waals surface area contributed by atoms with Crippen molar-refractivity contribution in [1.82, 2.24) is 15.2 Å². The molecule has 0 spiro atoms. The summed E-state index contributed by atoms with van der Waals surface area (Å²) in [7, 11) is 1.26. The minimum Gasteiger partial charge on any atom is -0.477 e. The first kappa shape index (κ1) is 20.4. The van der Waals surface area contributed by atoms with E-state index in [1.807, 2.05) is 0 Å². The Bertz CT molecular complexity index is 982. The van der Waals surface area contributed by atoms with E-state index in [2.05, 4.69) is 30.3 Å². The van der Waals surface area contributed by atoms with E-state index in [1.165, 1.54) is 24.3 Å². The molecule has 0 aliphatic carbocycles. The number of nitrogen functional groups attached to an aromatic ring is 1. The van der Waals surface area contributed by atoms with Crippen molar-refractivity contribution in [2.45, 2.75) is 11.4 Å². The molecule has 1 aromatic rings. The summed E-state index contributed by atoms with van der Waals surface area (Å²) < 4.78 is 0. The monoisotopic (exact) mass is 438 g/mol. The van der Waals surface area contributed by atoms with Gasteiger partial charge >= 0.3 is 5.97 Å². The quantitative estimate of drug-likeness (QED) is 0.133. The Kier molecular flexibility index (Phi) is 5.91. The van der Waals surface area contributed by atoms with Crippen molar-refractivity contribution >= 4 is 51.7 Å². The van der Waals surface area contributed by atoms with E-state index in [-0.39, 0.29) is 34.5 Å². The van der Waals surface area contributed by atoms with Gasteiger partial charge in [0, 0.05) is 16.0 Å². The maximum Gasteiger partial charge on any atom is 0.352 e. The van der Waals surface area contributed by atoms with Crippen LogP contribution in [0.5, 0.6) is 0 Å². The molecule has 152 valence electrons. The van der Waals surface area contributed by atoms with Crippen LogP contribution in [0.4, 0.5) is 5.13 Å². The number of fused-ring (bicyclic) bond motifs is 1. The zero-order chi connectivity index (χ0) is 21.1. The molecular formula is C14H14N8O5S2. The van der Waals surface area contributed by atoms with Gasteiger partial charge in [0.15, 0.2) is 10.8 Å². The zero-order valence-corrected chi connectivity index (χ0v) is 16.4. The lowest BCUT2D eigenvalue weighted by molar-refractivity contribution is -0.150. The van der Waals surface area contributed by atoms with Crippen molar-refractivity contribution in [2.75, 3.05) is 25.1 Å².